The third-order valence-corrected chi connectivity index (χ3v) is 9.39. The Labute approximate surface area is 296 Å². The molecule has 282 valence electrons. The number of phosphoric acid groups is 1. The molecule has 9 heteroatoms. The average Bonchev–Trinajstić information content (AvgIpc) is 3.02. The van der Waals surface area contributed by atoms with Crippen LogP contribution in [0, 0.1) is 0 Å². The number of hydrogen-bond acceptors (Lipinski definition) is 5. The molecule has 0 heterocycles. The highest BCUT2D eigenvalue weighted by atomic mass is 31.2. The Hall–Kier alpha value is -1.28. The fraction of sp³-hybridized carbons (Fsp3) is 0.821. The first-order chi connectivity index (χ1) is 23.0. The van der Waals surface area contributed by atoms with Crippen molar-refractivity contribution in [3.8, 4) is 0 Å². The number of carbonyl (C=O) groups is 1. The van der Waals surface area contributed by atoms with Crippen LogP contribution >= 0.6 is 7.82 Å². The minimum absolute atomic E-state index is 0.0712. The second-order valence-corrected chi connectivity index (χ2v) is 15.7. The molecule has 0 aromatic carbocycles. The topological polar surface area (TPSA) is 105 Å². The summed E-state index contributed by atoms with van der Waals surface area (Å²) in [6.45, 7) is 4.72. The molecule has 0 aliphatic carbocycles. The van der Waals surface area contributed by atoms with Crippen LogP contribution in [0.15, 0.2) is 36.5 Å². The fourth-order valence-electron chi connectivity index (χ4n) is 5.29. The van der Waals surface area contributed by atoms with Crippen LogP contribution in [-0.2, 0) is 18.4 Å². The molecule has 0 aliphatic rings. The van der Waals surface area contributed by atoms with Crippen molar-refractivity contribution < 1.29 is 32.9 Å². The maximum atomic E-state index is 12.8. The summed E-state index contributed by atoms with van der Waals surface area (Å²) in [5, 5.41) is 13.8. The number of phosphoric ester groups is 1. The van der Waals surface area contributed by atoms with Gasteiger partial charge in [-0.15, -0.1) is 0 Å². The quantitative estimate of drug-likeness (QED) is 0.0267. The first-order valence-corrected chi connectivity index (χ1v) is 20.8. The van der Waals surface area contributed by atoms with Gasteiger partial charge in [-0.2, -0.15) is 0 Å². The first kappa shape index (κ1) is 46.7. The number of quaternary nitrogens is 1. The molecule has 0 radical (unpaired) electrons. The number of aliphatic hydroxyl groups is 1. The molecule has 8 nitrogen and oxygen atoms in total. The summed E-state index contributed by atoms with van der Waals surface area (Å²) >= 11 is 0. The molecule has 0 saturated carbocycles. The Morgan fingerprint density at radius 1 is 0.729 bits per heavy atom. The van der Waals surface area contributed by atoms with E-state index in [-0.39, 0.29) is 19.1 Å². The summed E-state index contributed by atoms with van der Waals surface area (Å²) < 4.78 is 23.5. The van der Waals surface area contributed by atoms with Gasteiger partial charge in [0.15, 0.2) is 0 Å². The third-order valence-electron chi connectivity index (χ3n) is 8.40. The van der Waals surface area contributed by atoms with Gasteiger partial charge in [0.25, 0.3) is 0 Å². The van der Waals surface area contributed by atoms with E-state index in [0.29, 0.717) is 23.9 Å². The van der Waals surface area contributed by atoms with E-state index in [9.17, 15) is 19.4 Å². The number of rotatable bonds is 34. The molecule has 0 fully saturated rings. The van der Waals surface area contributed by atoms with Crippen LogP contribution in [0.3, 0.4) is 0 Å². The van der Waals surface area contributed by atoms with E-state index in [1.54, 1.807) is 0 Å². The lowest BCUT2D eigenvalue weighted by molar-refractivity contribution is -0.870. The Morgan fingerprint density at radius 3 is 1.83 bits per heavy atom. The number of aliphatic hydroxyl groups excluding tert-OH is 1. The minimum Gasteiger partial charge on any atom is -0.391 e. The van der Waals surface area contributed by atoms with E-state index >= 15 is 0 Å². The lowest BCUT2D eigenvalue weighted by atomic mass is 10.0. The number of unbranched alkanes of at least 4 members (excludes halogenated alkanes) is 15. The number of amides is 1. The largest absolute Gasteiger partial charge is 0.472 e. The summed E-state index contributed by atoms with van der Waals surface area (Å²) in [5.74, 6) is -0.160. The summed E-state index contributed by atoms with van der Waals surface area (Å²) in [6.07, 6.45) is 36.0. The van der Waals surface area contributed by atoms with Gasteiger partial charge in [-0.25, -0.2) is 4.57 Å². The van der Waals surface area contributed by atoms with E-state index in [1.807, 2.05) is 21.1 Å². The summed E-state index contributed by atoms with van der Waals surface area (Å²) in [7, 11) is 1.60. The molecule has 0 rings (SSSR count). The fourth-order valence-corrected chi connectivity index (χ4v) is 6.03. The number of nitrogens with one attached hydrogen (secondary N) is 1. The van der Waals surface area contributed by atoms with Crippen LogP contribution in [0.4, 0.5) is 0 Å². The summed E-state index contributed by atoms with van der Waals surface area (Å²) in [5.41, 5.74) is 0. The van der Waals surface area contributed by atoms with E-state index in [0.717, 1.165) is 64.2 Å². The van der Waals surface area contributed by atoms with Crippen LogP contribution in [-0.4, -0.2) is 73.4 Å². The molecule has 0 aliphatic heterocycles. The van der Waals surface area contributed by atoms with Gasteiger partial charge in [0.1, 0.15) is 13.2 Å². The normalized spacial score (nSPS) is 15.1. The molecule has 3 atom stereocenters. The molecule has 3 N–H and O–H groups in total. The monoisotopic (exact) mass is 700 g/mol. The zero-order valence-electron chi connectivity index (χ0n) is 31.7. The Morgan fingerprint density at radius 2 is 1.25 bits per heavy atom. The maximum Gasteiger partial charge on any atom is 0.472 e. The number of hydrogen-bond donors (Lipinski definition) is 3. The molecule has 0 aromatic heterocycles. The van der Waals surface area contributed by atoms with Crippen LogP contribution in [0.1, 0.15) is 155 Å². The number of nitrogens with zero attached hydrogens (tertiary/aromatic N) is 1. The molecular weight excluding hydrogens is 623 g/mol. The molecule has 1 amide bonds. The highest BCUT2D eigenvalue weighted by Gasteiger charge is 2.28. The van der Waals surface area contributed by atoms with E-state index in [2.05, 4.69) is 55.6 Å². The highest BCUT2D eigenvalue weighted by molar-refractivity contribution is 7.47. The van der Waals surface area contributed by atoms with Gasteiger partial charge in [0.2, 0.25) is 5.91 Å². The number of carbonyl (C=O) groups excluding carboxylic acids is 1. The highest BCUT2D eigenvalue weighted by Crippen LogP contribution is 2.43. The summed E-state index contributed by atoms with van der Waals surface area (Å²) in [6, 6.07) is -0.762. The van der Waals surface area contributed by atoms with Gasteiger partial charge in [0, 0.05) is 6.42 Å². The van der Waals surface area contributed by atoms with Gasteiger partial charge >= 0.3 is 7.82 Å². The van der Waals surface area contributed by atoms with E-state index in [4.69, 9.17) is 9.05 Å². The zero-order valence-corrected chi connectivity index (χ0v) is 32.6. The molecular formula is C39H76N2O6P+. The van der Waals surface area contributed by atoms with Gasteiger partial charge in [-0.1, -0.05) is 140 Å². The number of allylic oxidation sites excluding steroid dienone is 6. The molecule has 48 heavy (non-hydrogen) atoms. The van der Waals surface area contributed by atoms with Crippen molar-refractivity contribution in [1.82, 2.24) is 5.32 Å². The van der Waals surface area contributed by atoms with Crippen molar-refractivity contribution in [2.45, 2.75) is 167 Å². The van der Waals surface area contributed by atoms with Crippen LogP contribution in [0.5, 0.6) is 0 Å². The second kappa shape index (κ2) is 31.7. The predicted molar refractivity (Wildman–Crippen MR) is 203 cm³/mol. The van der Waals surface area contributed by atoms with Crippen molar-refractivity contribution in [3.05, 3.63) is 36.5 Å². The molecule has 0 bridgehead atoms. The lowest BCUT2D eigenvalue weighted by Crippen LogP contribution is -2.46. The second-order valence-electron chi connectivity index (χ2n) is 14.3. The number of likely N-dealkylation sites (N-methyl/N-ethyl adjacent to an activating group) is 1. The third kappa shape index (κ3) is 33.2. The van der Waals surface area contributed by atoms with Crippen molar-refractivity contribution >= 4 is 13.7 Å². The SMILES string of the molecule is CC/C=C\C/C=C\C/C=C\CCCCCCCCCC(=O)NC(COP(=O)(O)OCC[N+](C)(C)C)C(O)CCCCCCCCCCC. The van der Waals surface area contributed by atoms with Crippen molar-refractivity contribution in [2.24, 2.45) is 0 Å². The van der Waals surface area contributed by atoms with Crippen LogP contribution in [0.2, 0.25) is 0 Å². The smallest absolute Gasteiger partial charge is 0.391 e. The van der Waals surface area contributed by atoms with Crippen molar-refractivity contribution in [1.29, 1.82) is 0 Å². The van der Waals surface area contributed by atoms with Gasteiger partial charge in [0.05, 0.1) is 39.9 Å². The minimum atomic E-state index is -4.30. The summed E-state index contributed by atoms with van der Waals surface area (Å²) in [4.78, 5) is 23.0. The Balaban J connectivity index is 4.40. The van der Waals surface area contributed by atoms with E-state index < -0.39 is 20.0 Å². The van der Waals surface area contributed by atoms with Gasteiger partial charge in [-0.05, 0) is 44.9 Å². The molecule has 3 unspecified atom stereocenters. The van der Waals surface area contributed by atoms with Crippen LogP contribution < -0.4 is 5.32 Å². The predicted octanol–water partition coefficient (Wildman–Crippen LogP) is 9.96. The Kier molecular flexibility index (Phi) is 30.8. The molecule has 0 saturated heterocycles. The van der Waals surface area contributed by atoms with E-state index in [1.165, 1.54) is 64.2 Å². The van der Waals surface area contributed by atoms with Crippen LogP contribution in [0.25, 0.3) is 0 Å². The zero-order chi connectivity index (χ0) is 35.8. The lowest BCUT2D eigenvalue weighted by Gasteiger charge is -2.26. The van der Waals surface area contributed by atoms with Crippen molar-refractivity contribution in [2.75, 3.05) is 40.9 Å². The maximum absolute atomic E-state index is 12.8. The first-order valence-electron chi connectivity index (χ1n) is 19.4. The molecule has 0 aromatic rings. The van der Waals surface area contributed by atoms with Crippen molar-refractivity contribution in [3.63, 3.8) is 0 Å². The molecule has 0 spiro atoms. The average molecular weight is 700 g/mol. The Bertz CT molecular complexity index is 886. The van der Waals surface area contributed by atoms with Gasteiger partial charge < -0.3 is 19.8 Å². The standard InChI is InChI=1S/C39H75N2O6P/c1-6-8-10-12-14-16-17-18-19-20-21-22-23-25-27-29-31-33-39(43)40-37(36-47-48(44,45)46-35-34-41(3,4)5)38(42)32-30-28-26-24-15-13-11-9-7-2/h8,10,14,16,18-19,37-38,42H,6-7,9,11-13,15,17,20-36H2,1-5H3,(H-,40,43,44,45)/p+1/b10-8-,16-14-,19-18-. The van der Waals surface area contributed by atoms with Gasteiger partial charge in [-0.3, -0.25) is 13.8 Å².